The predicted octanol–water partition coefficient (Wildman–Crippen LogP) is 2.74. The maximum atomic E-state index is 2.32. The summed E-state index contributed by atoms with van der Waals surface area (Å²) in [5.41, 5.74) is 1.37. The van der Waals surface area contributed by atoms with E-state index in [2.05, 4.69) is 45.0 Å². The summed E-state index contributed by atoms with van der Waals surface area (Å²) in [6.07, 6.45) is 0. The van der Waals surface area contributed by atoms with Crippen LogP contribution >= 0.6 is 0 Å². The summed E-state index contributed by atoms with van der Waals surface area (Å²) < 4.78 is 1.63. The highest BCUT2D eigenvalue weighted by Crippen LogP contribution is 2.01. The smallest absolute Gasteiger partial charge is 0.110 e. The summed E-state index contributed by atoms with van der Waals surface area (Å²) in [5, 5.41) is 2.78. The van der Waals surface area contributed by atoms with Gasteiger partial charge in [-0.25, -0.2) is 0 Å². The van der Waals surface area contributed by atoms with Crippen molar-refractivity contribution >= 4 is 18.6 Å². The van der Waals surface area contributed by atoms with Gasteiger partial charge in [0.05, 0.1) is 0 Å². The highest BCUT2D eigenvalue weighted by atomic mass is 27.2. The van der Waals surface area contributed by atoms with Crippen molar-refractivity contribution in [2.75, 3.05) is 0 Å². The number of benzene rings is 1. The molecule has 0 amide bonds. The molecule has 0 aromatic heterocycles. The van der Waals surface area contributed by atoms with Gasteiger partial charge in [-0.15, -0.1) is 4.43 Å². The van der Waals surface area contributed by atoms with E-state index in [0.29, 0.717) is 0 Å². The zero-order valence-electron chi connectivity index (χ0n) is 8.30. The van der Waals surface area contributed by atoms with E-state index in [1.807, 2.05) is 0 Å². The summed E-state index contributed by atoms with van der Waals surface area (Å²) in [5.74, 6) is 0. The van der Waals surface area contributed by atoms with Crippen LogP contribution in [-0.2, 0) is 0 Å². The quantitative estimate of drug-likeness (QED) is 0.621. The third-order valence-corrected chi connectivity index (χ3v) is 5.83. The molecule has 64 valence electrons. The Labute approximate surface area is 80.0 Å². The fourth-order valence-corrected chi connectivity index (χ4v) is 3.86. The summed E-state index contributed by atoms with van der Waals surface area (Å²) in [4.78, 5) is 0. The van der Waals surface area contributed by atoms with Crippen LogP contribution in [0.1, 0.15) is 19.4 Å². The molecule has 0 saturated heterocycles. The van der Waals surface area contributed by atoms with Crippen LogP contribution in [0.2, 0.25) is 10.6 Å². The fraction of sp³-hybridized carbons (Fsp3) is 0.455. The van der Waals surface area contributed by atoms with Gasteiger partial charge in [0.1, 0.15) is 0 Å². The van der Waals surface area contributed by atoms with E-state index in [0.717, 1.165) is 0 Å². The van der Waals surface area contributed by atoms with Crippen molar-refractivity contribution in [1.82, 2.24) is 0 Å². The standard InChI is InChI=1S/C7H7.2C2H5.Al/c1-7-5-3-2-4-6-7;2*1-2;/h3-6H,1H3;2*1H2,2H3;. The van der Waals surface area contributed by atoms with E-state index in [9.17, 15) is 0 Å². The molecular weight excluding hydrogens is 159 g/mol. The minimum Gasteiger partial charge on any atom is -0.110 e. The topological polar surface area (TPSA) is 0 Å². The zero-order valence-corrected chi connectivity index (χ0v) is 9.46. The normalized spacial score (nSPS) is 9.92. The molecule has 1 rings (SSSR count). The number of hydrogen-bond donors (Lipinski definition) is 0. The van der Waals surface area contributed by atoms with Crippen molar-refractivity contribution in [1.29, 1.82) is 0 Å². The zero-order chi connectivity index (χ0) is 8.97. The van der Waals surface area contributed by atoms with Gasteiger partial charge in [0.2, 0.25) is 0 Å². The second kappa shape index (κ2) is 4.70. The Kier molecular flexibility index (Phi) is 3.85. The van der Waals surface area contributed by atoms with E-state index in [1.165, 1.54) is 16.1 Å². The second-order valence-electron chi connectivity index (χ2n) is 3.42. The van der Waals surface area contributed by atoms with E-state index in [1.54, 1.807) is 4.43 Å². The maximum Gasteiger partial charge on any atom is 0.305 e. The van der Waals surface area contributed by atoms with E-state index < -0.39 is 14.1 Å². The van der Waals surface area contributed by atoms with Gasteiger partial charge in [0.25, 0.3) is 0 Å². The summed E-state index contributed by atoms with van der Waals surface area (Å²) in [6.45, 7) is 6.79. The van der Waals surface area contributed by atoms with Crippen LogP contribution in [0.25, 0.3) is 0 Å². The molecular formula is C11H17Al. The molecule has 0 bridgehead atoms. The SMILES string of the molecule is C[CH2][Al]([CH2]C)[c]1ccc(C)cc1. The molecule has 0 aliphatic rings. The molecule has 0 aliphatic carbocycles. The molecule has 0 N–H and O–H groups in total. The largest absolute Gasteiger partial charge is 0.305 e. The molecule has 1 aromatic rings. The first-order valence-electron chi connectivity index (χ1n) is 4.84. The summed E-state index contributed by atoms with van der Waals surface area (Å²) in [6, 6.07) is 9.11. The lowest BCUT2D eigenvalue weighted by Crippen LogP contribution is -2.27. The van der Waals surface area contributed by atoms with Crippen LogP contribution < -0.4 is 4.43 Å². The minimum absolute atomic E-state index is 0.571. The lowest BCUT2D eigenvalue weighted by Gasteiger charge is -2.06. The number of hydrogen-bond acceptors (Lipinski definition) is 0. The third kappa shape index (κ3) is 2.37. The van der Waals surface area contributed by atoms with Crippen molar-refractivity contribution in [2.45, 2.75) is 31.3 Å². The van der Waals surface area contributed by atoms with E-state index in [4.69, 9.17) is 0 Å². The van der Waals surface area contributed by atoms with E-state index >= 15 is 0 Å². The highest BCUT2D eigenvalue weighted by Gasteiger charge is 2.13. The second-order valence-corrected chi connectivity index (χ2v) is 7.12. The van der Waals surface area contributed by atoms with Crippen molar-refractivity contribution in [3.05, 3.63) is 29.8 Å². The van der Waals surface area contributed by atoms with E-state index in [-0.39, 0.29) is 0 Å². The summed E-state index contributed by atoms with van der Waals surface area (Å²) in [7, 11) is 0. The van der Waals surface area contributed by atoms with Crippen LogP contribution in [0.15, 0.2) is 24.3 Å². The fourth-order valence-electron chi connectivity index (χ4n) is 1.60. The lowest BCUT2D eigenvalue weighted by atomic mass is 10.2. The summed E-state index contributed by atoms with van der Waals surface area (Å²) >= 11 is -0.571. The molecule has 0 spiro atoms. The molecule has 0 fully saturated rings. The molecule has 0 atom stereocenters. The van der Waals surface area contributed by atoms with Crippen molar-refractivity contribution < 1.29 is 0 Å². The van der Waals surface area contributed by atoms with Crippen LogP contribution in [0.3, 0.4) is 0 Å². The monoisotopic (exact) mass is 176 g/mol. The van der Waals surface area contributed by atoms with Gasteiger partial charge >= 0.3 is 14.1 Å². The maximum absolute atomic E-state index is 2.32. The third-order valence-electron chi connectivity index (χ3n) is 2.53. The predicted molar refractivity (Wildman–Crippen MR) is 57.5 cm³/mol. The van der Waals surface area contributed by atoms with Gasteiger partial charge < -0.3 is 0 Å². The van der Waals surface area contributed by atoms with Gasteiger partial charge in [-0.2, -0.15) is 0 Å². The molecule has 0 aliphatic heterocycles. The molecule has 1 aromatic carbocycles. The first-order chi connectivity index (χ1) is 5.77. The Morgan fingerprint density at radius 1 is 1.00 bits per heavy atom. The van der Waals surface area contributed by atoms with Crippen LogP contribution in [0.4, 0.5) is 0 Å². The van der Waals surface area contributed by atoms with Crippen molar-refractivity contribution in [2.24, 2.45) is 0 Å². The molecule has 0 saturated carbocycles. The van der Waals surface area contributed by atoms with Crippen molar-refractivity contribution in [3.63, 3.8) is 0 Å². The Morgan fingerprint density at radius 3 is 1.92 bits per heavy atom. The van der Waals surface area contributed by atoms with Gasteiger partial charge in [-0.05, 0) is 6.92 Å². The average Bonchev–Trinajstić information content (AvgIpc) is 2.10. The van der Waals surface area contributed by atoms with Crippen LogP contribution in [0, 0.1) is 6.92 Å². The Bertz CT molecular complexity index is 221. The molecule has 0 unspecified atom stereocenters. The Balaban J connectivity index is 2.80. The molecule has 0 radical (unpaired) electrons. The van der Waals surface area contributed by atoms with Crippen molar-refractivity contribution in [3.8, 4) is 0 Å². The first-order valence-corrected chi connectivity index (χ1v) is 7.05. The Hall–Kier alpha value is -0.248. The highest BCUT2D eigenvalue weighted by molar-refractivity contribution is 6.73. The molecule has 12 heavy (non-hydrogen) atoms. The number of rotatable bonds is 3. The number of aryl methyl sites for hydroxylation is 1. The van der Waals surface area contributed by atoms with Gasteiger partial charge in [0.15, 0.2) is 0 Å². The van der Waals surface area contributed by atoms with Crippen LogP contribution in [-0.4, -0.2) is 14.1 Å². The molecule has 0 heterocycles. The van der Waals surface area contributed by atoms with Gasteiger partial charge in [-0.3, -0.25) is 0 Å². The first kappa shape index (κ1) is 9.84. The molecule has 0 nitrogen and oxygen atoms in total. The van der Waals surface area contributed by atoms with Gasteiger partial charge in [-0.1, -0.05) is 54.2 Å². The minimum atomic E-state index is -0.571. The average molecular weight is 176 g/mol. The Morgan fingerprint density at radius 2 is 1.50 bits per heavy atom. The molecule has 1 heteroatoms. The van der Waals surface area contributed by atoms with Crippen LogP contribution in [0.5, 0.6) is 0 Å². The lowest BCUT2D eigenvalue weighted by molar-refractivity contribution is 1.33. The van der Waals surface area contributed by atoms with Gasteiger partial charge in [0, 0.05) is 0 Å².